The minimum atomic E-state index is -0.222. The fourth-order valence-corrected chi connectivity index (χ4v) is 3.69. The molecule has 6 heteroatoms. The van der Waals surface area contributed by atoms with Crippen LogP contribution in [-0.4, -0.2) is 11.6 Å². The van der Waals surface area contributed by atoms with Crippen LogP contribution in [0.1, 0.15) is 18.0 Å². The van der Waals surface area contributed by atoms with Crippen molar-refractivity contribution in [1.82, 2.24) is 0 Å². The molecule has 0 saturated heterocycles. The molecule has 3 aromatic rings. The van der Waals surface area contributed by atoms with Crippen LogP contribution >= 0.6 is 23.2 Å². The lowest BCUT2D eigenvalue weighted by atomic mass is 10.0. The van der Waals surface area contributed by atoms with Crippen molar-refractivity contribution >= 4 is 46.2 Å². The summed E-state index contributed by atoms with van der Waals surface area (Å²) in [5, 5.41) is 10.4. The molecule has 1 aliphatic heterocycles. The van der Waals surface area contributed by atoms with Crippen molar-refractivity contribution in [1.29, 1.82) is 0 Å². The normalized spacial score (nSPS) is 16.0. The number of hydrogen-bond donors (Lipinski definition) is 1. The largest absolute Gasteiger partial charge is 0.321 e. The zero-order chi connectivity index (χ0) is 19.5. The molecule has 0 bridgehead atoms. The van der Waals surface area contributed by atoms with E-state index in [1.165, 1.54) is 0 Å². The number of anilines is 2. The highest BCUT2D eigenvalue weighted by atomic mass is 35.5. The van der Waals surface area contributed by atoms with E-state index >= 15 is 0 Å². The summed E-state index contributed by atoms with van der Waals surface area (Å²) in [6.45, 7) is 0. The molecule has 1 amide bonds. The summed E-state index contributed by atoms with van der Waals surface area (Å²) in [6, 6.07) is 24.4. The number of carbonyl (C=O) groups is 1. The fraction of sp³-hybridized carbons (Fsp3) is 0.0909. The second kappa shape index (κ2) is 8.05. The van der Waals surface area contributed by atoms with Gasteiger partial charge in [-0.15, -0.1) is 0 Å². The summed E-state index contributed by atoms with van der Waals surface area (Å²) in [4.78, 5) is 12.8. The van der Waals surface area contributed by atoms with Gasteiger partial charge in [0.2, 0.25) is 0 Å². The van der Waals surface area contributed by atoms with E-state index in [0.29, 0.717) is 27.9 Å². The highest BCUT2D eigenvalue weighted by Gasteiger charge is 2.33. The summed E-state index contributed by atoms with van der Waals surface area (Å²) in [6.07, 6.45) is 0.474. The number of rotatable bonds is 4. The van der Waals surface area contributed by atoms with Gasteiger partial charge in [0.1, 0.15) is 5.71 Å². The van der Waals surface area contributed by atoms with Crippen molar-refractivity contribution in [3.8, 4) is 0 Å². The number of hydrazone groups is 1. The van der Waals surface area contributed by atoms with Crippen LogP contribution in [0, 0.1) is 0 Å². The van der Waals surface area contributed by atoms with E-state index in [1.54, 1.807) is 17.1 Å². The maximum atomic E-state index is 12.8. The number of amides is 1. The van der Waals surface area contributed by atoms with Gasteiger partial charge >= 0.3 is 0 Å². The smallest absolute Gasteiger partial charge is 0.271 e. The van der Waals surface area contributed by atoms with E-state index in [2.05, 4.69) is 10.4 Å². The molecule has 28 heavy (non-hydrogen) atoms. The van der Waals surface area contributed by atoms with Gasteiger partial charge in [-0.1, -0.05) is 71.7 Å². The lowest BCUT2D eigenvalue weighted by Crippen LogP contribution is -2.21. The number of benzene rings is 3. The Morgan fingerprint density at radius 3 is 2.32 bits per heavy atom. The zero-order valence-electron chi connectivity index (χ0n) is 14.8. The van der Waals surface area contributed by atoms with E-state index in [4.69, 9.17) is 23.2 Å². The Bertz CT molecular complexity index is 1020. The molecule has 1 N–H and O–H groups in total. The summed E-state index contributed by atoms with van der Waals surface area (Å²) < 4.78 is 0. The molecule has 1 aliphatic rings. The van der Waals surface area contributed by atoms with Crippen LogP contribution in [0.3, 0.4) is 0 Å². The number of para-hydroxylation sites is 1. The van der Waals surface area contributed by atoms with Crippen LogP contribution in [0.15, 0.2) is 84.0 Å². The van der Waals surface area contributed by atoms with Crippen LogP contribution in [0.2, 0.25) is 10.0 Å². The maximum Gasteiger partial charge on any atom is 0.271 e. The average Bonchev–Trinajstić information content (AvgIpc) is 3.15. The van der Waals surface area contributed by atoms with Gasteiger partial charge in [-0.05, 0) is 35.9 Å². The molecule has 1 atom stereocenters. The molecule has 0 spiro atoms. The number of hydrogen-bond acceptors (Lipinski definition) is 3. The number of carbonyl (C=O) groups excluding carboxylic acids is 1. The first-order valence-electron chi connectivity index (χ1n) is 8.85. The second-order valence-electron chi connectivity index (χ2n) is 6.44. The summed E-state index contributed by atoms with van der Waals surface area (Å²) in [7, 11) is 0. The molecule has 4 rings (SSSR count). The summed E-state index contributed by atoms with van der Waals surface area (Å²) >= 11 is 12.5. The van der Waals surface area contributed by atoms with Gasteiger partial charge in [-0.25, -0.2) is 0 Å². The van der Waals surface area contributed by atoms with Gasteiger partial charge in [0, 0.05) is 17.1 Å². The quantitative estimate of drug-likeness (QED) is 0.579. The molecule has 1 heterocycles. The van der Waals surface area contributed by atoms with E-state index in [-0.39, 0.29) is 11.9 Å². The Morgan fingerprint density at radius 1 is 0.964 bits per heavy atom. The lowest BCUT2D eigenvalue weighted by Gasteiger charge is -2.24. The minimum absolute atomic E-state index is 0.128. The molecule has 0 radical (unpaired) electrons. The van der Waals surface area contributed by atoms with E-state index in [9.17, 15) is 4.79 Å². The van der Waals surface area contributed by atoms with Crippen LogP contribution in [0.4, 0.5) is 11.4 Å². The third-order valence-corrected chi connectivity index (χ3v) is 5.08. The molecule has 0 saturated carbocycles. The highest BCUT2D eigenvalue weighted by Crippen LogP contribution is 2.39. The molecular formula is C22H17Cl2N3O. The molecule has 0 aliphatic carbocycles. The molecule has 140 valence electrons. The number of nitrogens with zero attached hydrogens (tertiary/aromatic N) is 2. The topological polar surface area (TPSA) is 44.7 Å². The third kappa shape index (κ3) is 3.88. The van der Waals surface area contributed by atoms with E-state index in [1.807, 2.05) is 66.7 Å². The SMILES string of the molecule is O=C(Nc1ccccc1)C1=NN(c2ccc(Cl)cc2Cl)C(c2ccccc2)C1. The van der Waals surface area contributed by atoms with Gasteiger partial charge in [0.25, 0.3) is 5.91 Å². The first-order chi connectivity index (χ1) is 13.6. The fourth-order valence-electron chi connectivity index (χ4n) is 3.20. The third-order valence-electron chi connectivity index (χ3n) is 4.55. The molecule has 4 nitrogen and oxygen atoms in total. The van der Waals surface area contributed by atoms with Crippen LogP contribution in [0.5, 0.6) is 0 Å². The van der Waals surface area contributed by atoms with Gasteiger partial charge in [-0.2, -0.15) is 5.10 Å². The maximum absolute atomic E-state index is 12.8. The van der Waals surface area contributed by atoms with E-state index < -0.39 is 0 Å². The molecule has 3 aromatic carbocycles. The van der Waals surface area contributed by atoms with Gasteiger partial charge in [0.15, 0.2) is 0 Å². The van der Waals surface area contributed by atoms with Crippen molar-refractivity contribution in [2.75, 3.05) is 10.3 Å². The number of nitrogens with one attached hydrogen (secondary N) is 1. The minimum Gasteiger partial charge on any atom is -0.321 e. The second-order valence-corrected chi connectivity index (χ2v) is 7.28. The van der Waals surface area contributed by atoms with Gasteiger partial charge in [0.05, 0.1) is 16.8 Å². The van der Waals surface area contributed by atoms with Crippen molar-refractivity contribution in [3.63, 3.8) is 0 Å². The predicted octanol–water partition coefficient (Wildman–Crippen LogP) is 5.94. The first-order valence-corrected chi connectivity index (χ1v) is 9.60. The zero-order valence-corrected chi connectivity index (χ0v) is 16.4. The van der Waals surface area contributed by atoms with E-state index in [0.717, 1.165) is 11.3 Å². The Hall–Kier alpha value is -2.82. The predicted molar refractivity (Wildman–Crippen MR) is 115 cm³/mol. The van der Waals surface area contributed by atoms with Crippen LogP contribution in [0.25, 0.3) is 0 Å². The molecular weight excluding hydrogens is 393 g/mol. The number of halogens is 2. The average molecular weight is 410 g/mol. The first kappa shape index (κ1) is 18.5. The molecule has 0 fully saturated rings. The Kier molecular flexibility index (Phi) is 5.33. The highest BCUT2D eigenvalue weighted by molar-refractivity contribution is 6.44. The van der Waals surface area contributed by atoms with Crippen molar-refractivity contribution in [3.05, 3.63) is 94.5 Å². The standard InChI is InChI=1S/C22H17Cl2N3O/c23-16-11-12-20(18(24)13-16)27-21(15-7-3-1-4-8-15)14-19(26-27)22(28)25-17-9-5-2-6-10-17/h1-13,21H,14H2,(H,25,28). The van der Waals surface area contributed by atoms with Crippen molar-refractivity contribution in [2.24, 2.45) is 5.10 Å². The lowest BCUT2D eigenvalue weighted by molar-refractivity contribution is -0.110. The Morgan fingerprint density at radius 2 is 1.64 bits per heavy atom. The van der Waals surface area contributed by atoms with Gasteiger partial charge < -0.3 is 5.32 Å². The Balaban J connectivity index is 1.67. The van der Waals surface area contributed by atoms with Crippen LogP contribution in [-0.2, 0) is 4.79 Å². The molecule has 1 unspecified atom stereocenters. The monoisotopic (exact) mass is 409 g/mol. The van der Waals surface area contributed by atoms with Crippen LogP contribution < -0.4 is 10.3 Å². The van der Waals surface area contributed by atoms with Gasteiger partial charge in [-0.3, -0.25) is 9.80 Å². The Labute approximate surface area is 173 Å². The van der Waals surface area contributed by atoms with Crippen molar-refractivity contribution < 1.29 is 4.79 Å². The van der Waals surface area contributed by atoms with Crippen molar-refractivity contribution in [2.45, 2.75) is 12.5 Å². The summed E-state index contributed by atoms with van der Waals surface area (Å²) in [5.41, 5.74) is 2.94. The molecule has 0 aromatic heterocycles. The summed E-state index contributed by atoms with van der Waals surface area (Å²) in [5.74, 6) is -0.222.